The minimum Gasteiger partial charge on any atom is -0.463 e. The zero-order valence-electron chi connectivity index (χ0n) is 7.65. The third kappa shape index (κ3) is 2.45. The van der Waals surface area contributed by atoms with Crippen LogP contribution in [0.1, 0.15) is 6.92 Å². The third-order valence-corrected chi connectivity index (χ3v) is 3.28. The van der Waals surface area contributed by atoms with Crippen molar-refractivity contribution >= 4 is 31.6 Å². The van der Waals surface area contributed by atoms with Crippen molar-refractivity contribution in [2.75, 3.05) is 6.26 Å². The SMILES string of the molecule is CC(=O)C1=CC=C(S(C)(=O)=O)OC1Br. The van der Waals surface area contributed by atoms with Crippen LogP contribution in [0.2, 0.25) is 0 Å². The molecular formula is C8H9BrO4S. The number of carbonyl (C=O) groups excluding carboxylic acids is 1. The van der Waals surface area contributed by atoms with Gasteiger partial charge in [-0.05, 0) is 35.0 Å². The number of carbonyl (C=O) groups is 1. The Bertz CT molecular complexity index is 419. The standard InChI is InChI=1S/C8H9BrO4S/c1-5(10)6-3-4-7(13-8(6)9)14(2,11)12/h3-4,8H,1-2H3. The Morgan fingerprint density at radius 2 is 2.07 bits per heavy atom. The monoisotopic (exact) mass is 280 g/mol. The first-order chi connectivity index (χ1) is 6.32. The molecule has 1 unspecified atom stereocenters. The molecule has 0 aromatic rings. The van der Waals surface area contributed by atoms with E-state index in [9.17, 15) is 13.2 Å². The van der Waals surface area contributed by atoms with Crippen LogP contribution in [0.4, 0.5) is 0 Å². The van der Waals surface area contributed by atoms with Gasteiger partial charge in [-0.15, -0.1) is 0 Å². The van der Waals surface area contributed by atoms with Gasteiger partial charge in [0.1, 0.15) is 0 Å². The number of halogens is 1. The van der Waals surface area contributed by atoms with Crippen LogP contribution >= 0.6 is 15.9 Å². The van der Waals surface area contributed by atoms with Crippen molar-refractivity contribution in [3.05, 3.63) is 22.8 Å². The molecule has 4 nitrogen and oxygen atoms in total. The minimum absolute atomic E-state index is 0.135. The maximum atomic E-state index is 11.1. The molecule has 0 fully saturated rings. The first kappa shape index (κ1) is 11.5. The molecule has 0 amide bonds. The number of Topliss-reactive ketones (excluding diaryl/α,β-unsaturated/α-hetero) is 1. The summed E-state index contributed by atoms with van der Waals surface area (Å²) in [5.74, 6) is -0.157. The highest BCUT2D eigenvalue weighted by atomic mass is 79.9. The van der Waals surface area contributed by atoms with E-state index in [1.807, 2.05) is 0 Å². The highest BCUT2D eigenvalue weighted by Crippen LogP contribution is 2.25. The van der Waals surface area contributed by atoms with Gasteiger partial charge >= 0.3 is 0 Å². The predicted octanol–water partition coefficient (Wildman–Crippen LogP) is 1.14. The van der Waals surface area contributed by atoms with Gasteiger partial charge in [0.15, 0.2) is 10.8 Å². The lowest BCUT2D eigenvalue weighted by Crippen LogP contribution is -2.19. The molecule has 0 N–H and O–H groups in total. The van der Waals surface area contributed by atoms with E-state index in [1.165, 1.54) is 19.1 Å². The number of hydrogen-bond donors (Lipinski definition) is 0. The van der Waals surface area contributed by atoms with Gasteiger partial charge in [-0.3, -0.25) is 4.79 Å². The van der Waals surface area contributed by atoms with E-state index in [0.717, 1.165) is 6.26 Å². The summed E-state index contributed by atoms with van der Waals surface area (Å²) >= 11 is 3.07. The number of hydrogen-bond acceptors (Lipinski definition) is 4. The lowest BCUT2D eigenvalue weighted by Gasteiger charge is -2.19. The van der Waals surface area contributed by atoms with Crippen LogP contribution in [-0.4, -0.2) is 25.5 Å². The van der Waals surface area contributed by atoms with Crippen LogP contribution in [0.5, 0.6) is 0 Å². The van der Waals surface area contributed by atoms with Gasteiger partial charge in [0.25, 0.3) is 0 Å². The largest absolute Gasteiger partial charge is 0.463 e. The topological polar surface area (TPSA) is 60.4 Å². The van der Waals surface area contributed by atoms with E-state index in [0.29, 0.717) is 5.57 Å². The highest BCUT2D eigenvalue weighted by Gasteiger charge is 2.25. The van der Waals surface area contributed by atoms with E-state index in [2.05, 4.69) is 15.9 Å². The van der Waals surface area contributed by atoms with Crippen molar-refractivity contribution in [2.24, 2.45) is 0 Å². The van der Waals surface area contributed by atoms with Gasteiger partial charge in [0.2, 0.25) is 14.9 Å². The van der Waals surface area contributed by atoms with Gasteiger partial charge in [-0.25, -0.2) is 8.42 Å². The number of rotatable bonds is 2. The van der Waals surface area contributed by atoms with Gasteiger partial charge < -0.3 is 4.74 Å². The molecule has 0 saturated carbocycles. The molecule has 14 heavy (non-hydrogen) atoms. The third-order valence-electron chi connectivity index (χ3n) is 1.64. The Labute approximate surface area is 90.7 Å². The smallest absolute Gasteiger partial charge is 0.213 e. The molecule has 1 atom stereocenters. The zero-order chi connectivity index (χ0) is 10.9. The fourth-order valence-electron chi connectivity index (χ4n) is 0.926. The second-order valence-electron chi connectivity index (χ2n) is 2.87. The van der Waals surface area contributed by atoms with Crippen molar-refractivity contribution in [1.82, 2.24) is 0 Å². The van der Waals surface area contributed by atoms with E-state index < -0.39 is 14.9 Å². The first-order valence-electron chi connectivity index (χ1n) is 3.76. The highest BCUT2D eigenvalue weighted by molar-refractivity contribution is 9.09. The molecular weight excluding hydrogens is 272 g/mol. The summed E-state index contributed by atoms with van der Waals surface area (Å²) in [4.78, 5) is 11.0. The van der Waals surface area contributed by atoms with Gasteiger partial charge in [0.05, 0.1) is 0 Å². The van der Waals surface area contributed by atoms with E-state index in [4.69, 9.17) is 4.74 Å². The molecule has 1 aliphatic rings. The van der Waals surface area contributed by atoms with Crippen LogP contribution in [0.25, 0.3) is 0 Å². The molecule has 0 aliphatic carbocycles. The number of ether oxygens (including phenoxy) is 1. The van der Waals surface area contributed by atoms with Crippen molar-refractivity contribution in [1.29, 1.82) is 0 Å². The molecule has 1 heterocycles. The summed E-state index contributed by atoms with van der Waals surface area (Å²) in [5.41, 5.74) is 0.400. The van der Waals surface area contributed by atoms with Crippen LogP contribution < -0.4 is 0 Å². The summed E-state index contributed by atoms with van der Waals surface area (Å²) in [6.07, 6.45) is 3.77. The molecule has 0 saturated heterocycles. The Balaban J connectivity index is 3.08. The lowest BCUT2D eigenvalue weighted by atomic mass is 10.2. The molecule has 0 aromatic heterocycles. The van der Waals surface area contributed by atoms with Crippen LogP contribution in [0.3, 0.4) is 0 Å². The molecule has 0 radical (unpaired) electrons. The van der Waals surface area contributed by atoms with E-state index >= 15 is 0 Å². The summed E-state index contributed by atoms with van der Waals surface area (Å²) in [6.45, 7) is 1.39. The second-order valence-corrected chi connectivity index (χ2v) is 5.65. The number of alkyl halides is 1. The summed E-state index contributed by atoms with van der Waals surface area (Å²) in [5, 5.41) is -0.820. The Morgan fingerprint density at radius 1 is 1.50 bits per heavy atom. The molecule has 78 valence electrons. The average Bonchev–Trinajstić information content (AvgIpc) is 2.01. The van der Waals surface area contributed by atoms with Gasteiger partial charge in [-0.1, -0.05) is 0 Å². The van der Waals surface area contributed by atoms with Crippen LogP contribution in [0.15, 0.2) is 22.8 Å². The molecule has 1 rings (SSSR count). The fourth-order valence-corrected chi connectivity index (χ4v) is 2.31. The molecule has 0 spiro atoms. The van der Waals surface area contributed by atoms with Crippen molar-refractivity contribution in [3.8, 4) is 0 Å². The number of ketones is 1. The van der Waals surface area contributed by atoms with Crippen LogP contribution in [0, 0.1) is 0 Å². The lowest BCUT2D eigenvalue weighted by molar-refractivity contribution is -0.114. The summed E-state index contributed by atoms with van der Waals surface area (Å²) < 4.78 is 27.2. The van der Waals surface area contributed by atoms with Crippen molar-refractivity contribution in [3.63, 3.8) is 0 Å². The Morgan fingerprint density at radius 3 is 2.43 bits per heavy atom. The minimum atomic E-state index is -3.35. The van der Waals surface area contributed by atoms with Crippen molar-refractivity contribution in [2.45, 2.75) is 11.9 Å². The number of sulfone groups is 1. The predicted molar refractivity (Wildman–Crippen MR) is 55.5 cm³/mol. The maximum Gasteiger partial charge on any atom is 0.213 e. The van der Waals surface area contributed by atoms with Crippen molar-refractivity contribution < 1.29 is 17.9 Å². The summed E-state index contributed by atoms with van der Waals surface area (Å²) in [7, 11) is -3.35. The average molecular weight is 281 g/mol. The zero-order valence-corrected chi connectivity index (χ0v) is 10.1. The Kier molecular flexibility index (Phi) is 3.16. The normalized spacial score (nSPS) is 22.1. The quantitative estimate of drug-likeness (QED) is 0.712. The van der Waals surface area contributed by atoms with E-state index in [-0.39, 0.29) is 10.9 Å². The van der Waals surface area contributed by atoms with Gasteiger partial charge in [-0.2, -0.15) is 0 Å². The second kappa shape index (κ2) is 3.86. The number of allylic oxidation sites excluding steroid dienone is 2. The fraction of sp³-hybridized carbons (Fsp3) is 0.375. The molecule has 0 aromatic carbocycles. The van der Waals surface area contributed by atoms with E-state index in [1.54, 1.807) is 0 Å². The van der Waals surface area contributed by atoms with Crippen LogP contribution in [-0.2, 0) is 19.4 Å². The van der Waals surface area contributed by atoms with Gasteiger partial charge in [0, 0.05) is 11.8 Å². The summed E-state index contributed by atoms with van der Waals surface area (Å²) in [6, 6.07) is 0. The maximum absolute atomic E-state index is 11.1. The molecule has 0 bridgehead atoms. The first-order valence-corrected chi connectivity index (χ1v) is 6.56. The molecule has 6 heteroatoms. The molecule has 1 aliphatic heterocycles. The Hall–Kier alpha value is -0.620.